The number of aromatic hydroxyl groups is 1. The molecule has 26 heavy (non-hydrogen) atoms. The highest BCUT2D eigenvalue weighted by molar-refractivity contribution is 8.18. The van der Waals surface area contributed by atoms with E-state index < -0.39 is 16.1 Å². The lowest BCUT2D eigenvalue weighted by atomic mass is 10.1. The predicted octanol–water partition coefficient (Wildman–Crippen LogP) is 1.96. The summed E-state index contributed by atoms with van der Waals surface area (Å²) in [5.74, 6) is -1.20. The Morgan fingerprint density at radius 1 is 1.31 bits per heavy atom. The van der Waals surface area contributed by atoms with Crippen molar-refractivity contribution >= 4 is 40.6 Å². The van der Waals surface area contributed by atoms with Crippen LogP contribution < -0.4 is 0 Å². The van der Waals surface area contributed by atoms with Gasteiger partial charge in [-0.1, -0.05) is 0 Å². The van der Waals surface area contributed by atoms with Gasteiger partial charge in [0.25, 0.3) is 16.8 Å². The molecule has 2 saturated heterocycles. The number of nitro benzene ring substituents is 1. The summed E-state index contributed by atoms with van der Waals surface area (Å²) in [5, 5.41) is 20.1. The zero-order valence-corrected chi connectivity index (χ0v) is 14.4. The lowest BCUT2D eigenvalue weighted by molar-refractivity contribution is -0.384. The third-order valence-corrected chi connectivity index (χ3v) is 5.04. The Balaban J connectivity index is 1.80. The number of amides is 3. The Kier molecular flexibility index (Phi) is 4.94. The Labute approximate surface area is 152 Å². The molecule has 2 fully saturated rings. The highest BCUT2D eigenvalue weighted by Gasteiger charge is 2.37. The largest absolute Gasteiger partial charge is 0.507 e. The molecule has 0 spiro atoms. The van der Waals surface area contributed by atoms with E-state index in [2.05, 4.69) is 0 Å². The fourth-order valence-electron chi connectivity index (χ4n) is 2.75. The minimum atomic E-state index is -0.654. The van der Waals surface area contributed by atoms with E-state index in [1.54, 1.807) is 4.90 Å². The molecule has 136 valence electrons. The van der Waals surface area contributed by atoms with Crippen LogP contribution in [0.4, 0.5) is 10.5 Å². The summed E-state index contributed by atoms with van der Waals surface area (Å²) in [7, 11) is 0. The van der Waals surface area contributed by atoms with Gasteiger partial charge in [-0.15, -0.1) is 0 Å². The van der Waals surface area contributed by atoms with Crippen molar-refractivity contribution in [1.82, 2.24) is 9.80 Å². The second-order valence-corrected chi connectivity index (χ2v) is 6.85. The first-order valence-electron chi connectivity index (χ1n) is 7.87. The Bertz CT molecular complexity index is 831. The van der Waals surface area contributed by atoms with E-state index in [-0.39, 0.29) is 34.4 Å². The molecule has 0 radical (unpaired) electrons. The third-order valence-electron chi connectivity index (χ3n) is 4.13. The quantitative estimate of drug-likeness (QED) is 0.483. The number of likely N-dealkylation sites (tertiary alicyclic amines) is 1. The molecular formula is C16H15N3O6S. The zero-order valence-electron chi connectivity index (χ0n) is 13.6. The van der Waals surface area contributed by atoms with E-state index in [1.165, 1.54) is 6.08 Å². The van der Waals surface area contributed by atoms with Crippen LogP contribution >= 0.6 is 11.8 Å². The van der Waals surface area contributed by atoms with E-state index in [4.69, 9.17) is 0 Å². The first kappa shape index (κ1) is 17.9. The number of nitrogens with zero attached hydrogens (tertiary/aromatic N) is 3. The summed E-state index contributed by atoms with van der Waals surface area (Å²) in [6, 6.07) is 3.39. The van der Waals surface area contributed by atoms with Gasteiger partial charge in [0.2, 0.25) is 5.91 Å². The highest BCUT2D eigenvalue weighted by atomic mass is 32.2. The molecule has 0 bridgehead atoms. The Morgan fingerprint density at radius 3 is 2.65 bits per heavy atom. The fraction of sp³-hybridized carbons (Fsp3) is 0.312. The van der Waals surface area contributed by atoms with Crippen LogP contribution in [0.1, 0.15) is 18.4 Å². The minimum Gasteiger partial charge on any atom is -0.507 e. The van der Waals surface area contributed by atoms with Crippen LogP contribution in [0.2, 0.25) is 0 Å². The number of hydrogen-bond donors (Lipinski definition) is 1. The summed E-state index contributed by atoms with van der Waals surface area (Å²) < 4.78 is 0. The fourth-order valence-corrected chi connectivity index (χ4v) is 3.58. The Hall–Kier alpha value is -2.88. The highest BCUT2D eigenvalue weighted by Crippen LogP contribution is 2.34. The predicted molar refractivity (Wildman–Crippen MR) is 93.3 cm³/mol. The van der Waals surface area contributed by atoms with Gasteiger partial charge >= 0.3 is 0 Å². The molecule has 1 aromatic carbocycles. The maximum absolute atomic E-state index is 12.4. The molecular weight excluding hydrogens is 362 g/mol. The van der Waals surface area contributed by atoms with Crippen molar-refractivity contribution < 1.29 is 24.4 Å². The molecule has 1 N–H and O–H groups in total. The van der Waals surface area contributed by atoms with E-state index >= 15 is 0 Å². The molecule has 1 aromatic rings. The van der Waals surface area contributed by atoms with Gasteiger partial charge in [0.15, 0.2) is 0 Å². The van der Waals surface area contributed by atoms with Crippen LogP contribution in [0.25, 0.3) is 6.08 Å². The number of carbonyl (C=O) groups excluding carboxylic acids is 3. The van der Waals surface area contributed by atoms with Gasteiger partial charge < -0.3 is 10.0 Å². The van der Waals surface area contributed by atoms with Gasteiger partial charge in [0.05, 0.1) is 9.83 Å². The zero-order chi connectivity index (χ0) is 18.8. The van der Waals surface area contributed by atoms with Crippen LogP contribution in [0.3, 0.4) is 0 Å². The lowest BCUT2D eigenvalue weighted by Crippen LogP contribution is -2.40. The molecule has 2 heterocycles. The van der Waals surface area contributed by atoms with Gasteiger partial charge in [0.1, 0.15) is 12.3 Å². The number of nitro groups is 1. The number of imide groups is 1. The maximum Gasteiger partial charge on any atom is 0.294 e. The summed E-state index contributed by atoms with van der Waals surface area (Å²) in [6.07, 6.45) is 3.02. The summed E-state index contributed by atoms with van der Waals surface area (Å²) in [6.45, 7) is 0.905. The molecule has 2 aliphatic heterocycles. The van der Waals surface area contributed by atoms with E-state index in [9.17, 15) is 29.6 Å². The maximum atomic E-state index is 12.4. The number of thioether (sulfide) groups is 1. The molecule has 0 unspecified atom stereocenters. The van der Waals surface area contributed by atoms with E-state index in [0.29, 0.717) is 24.9 Å². The van der Waals surface area contributed by atoms with Crippen LogP contribution in [0.5, 0.6) is 5.75 Å². The molecule has 9 nitrogen and oxygen atoms in total. The monoisotopic (exact) mass is 377 g/mol. The van der Waals surface area contributed by atoms with Gasteiger partial charge in [0, 0.05) is 30.8 Å². The van der Waals surface area contributed by atoms with E-state index in [1.807, 2.05) is 0 Å². The second kappa shape index (κ2) is 7.16. The van der Waals surface area contributed by atoms with Crippen molar-refractivity contribution in [1.29, 1.82) is 0 Å². The molecule has 0 aliphatic carbocycles. The average Bonchev–Trinajstić information content (AvgIpc) is 3.21. The minimum absolute atomic E-state index is 0.0000184. The smallest absolute Gasteiger partial charge is 0.294 e. The standard InChI is InChI=1S/C16H15N3O6S/c20-12-4-3-11(19(24)25)7-10(12)8-13-15(22)18(16(23)26-13)9-14(21)17-5-1-2-6-17/h3-4,7-8,20H,1-2,5-6,9H2/b13-8+. The van der Waals surface area contributed by atoms with Crippen molar-refractivity contribution in [2.75, 3.05) is 19.6 Å². The van der Waals surface area contributed by atoms with Crippen molar-refractivity contribution in [3.8, 4) is 5.75 Å². The first-order valence-corrected chi connectivity index (χ1v) is 8.69. The molecule has 0 atom stereocenters. The van der Waals surface area contributed by atoms with Crippen LogP contribution in [0.15, 0.2) is 23.1 Å². The molecule has 10 heteroatoms. The van der Waals surface area contributed by atoms with Crippen LogP contribution in [-0.4, -0.2) is 56.5 Å². The van der Waals surface area contributed by atoms with Crippen LogP contribution in [-0.2, 0) is 9.59 Å². The summed E-state index contributed by atoms with van der Waals surface area (Å²) in [4.78, 5) is 49.4. The van der Waals surface area contributed by atoms with E-state index in [0.717, 1.165) is 35.9 Å². The van der Waals surface area contributed by atoms with Gasteiger partial charge in [-0.25, -0.2) is 0 Å². The van der Waals surface area contributed by atoms with Crippen molar-refractivity contribution in [2.24, 2.45) is 0 Å². The average molecular weight is 377 g/mol. The molecule has 0 saturated carbocycles. The van der Waals surface area contributed by atoms with Gasteiger partial charge in [-0.3, -0.25) is 29.4 Å². The van der Waals surface area contributed by atoms with Crippen molar-refractivity contribution in [2.45, 2.75) is 12.8 Å². The van der Waals surface area contributed by atoms with Crippen molar-refractivity contribution in [3.05, 3.63) is 38.8 Å². The molecule has 3 rings (SSSR count). The normalized spacial score (nSPS) is 18.8. The third kappa shape index (κ3) is 3.54. The topological polar surface area (TPSA) is 121 Å². The summed E-state index contributed by atoms with van der Waals surface area (Å²) in [5.41, 5.74) is -0.201. The lowest BCUT2D eigenvalue weighted by Gasteiger charge is -2.18. The number of non-ortho nitro benzene ring substituents is 1. The molecule has 0 aromatic heterocycles. The SMILES string of the molecule is O=C(CN1C(=O)S/C(=C/c2cc([N+](=O)[O-])ccc2O)C1=O)N1CCCC1. The first-order chi connectivity index (χ1) is 12.4. The Morgan fingerprint density at radius 2 is 2.00 bits per heavy atom. The number of carbonyl (C=O) groups is 3. The second-order valence-electron chi connectivity index (χ2n) is 5.86. The van der Waals surface area contributed by atoms with Crippen molar-refractivity contribution in [3.63, 3.8) is 0 Å². The number of benzene rings is 1. The number of phenols is 1. The number of phenolic OH excluding ortho intramolecular Hbond substituents is 1. The van der Waals surface area contributed by atoms with Gasteiger partial charge in [-0.05, 0) is 36.7 Å². The number of hydrogen-bond acceptors (Lipinski definition) is 7. The summed E-state index contributed by atoms with van der Waals surface area (Å²) >= 11 is 0.631. The molecule has 2 aliphatic rings. The number of rotatable bonds is 4. The molecule has 3 amide bonds. The van der Waals surface area contributed by atoms with Gasteiger partial charge in [-0.2, -0.15) is 0 Å². The van der Waals surface area contributed by atoms with Crippen LogP contribution in [0, 0.1) is 10.1 Å².